The lowest BCUT2D eigenvalue weighted by Crippen LogP contribution is -2.41. The van der Waals surface area contributed by atoms with Crippen molar-refractivity contribution < 1.29 is 14.3 Å². The second-order valence-corrected chi connectivity index (χ2v) is 6.31. The number of nitrogens with zero attached hydrogens (tertiary/aromatic N) is 2. The molecule has 0 aromatic heterocycles. The van der Waals surface area contributed by atoms with E-state index in [2.05, 4.69) is 0 Å². The Hall–Kier alpha value is -2.84. The highest BCUT2D eigenvalue weighted by Gasteiger charge is 2.36. The van der Waals surface area contributed by atoms with Crippen LogP contribution < -0.4 is 9.64 Å². The van der Waals surface area contributed by atoms with E-state index in [0.29, 0.717) is 22.6 Å². The maximum Gasteiger partial charge on any atom is 0.273 e. The molecule has 0 bridgehead atoms. The summed E-state index contributed by atoms with van der Waals surface area (Å²) in [6.45, 7) is 1.45. The van der Waals surface area contributed by atoms with Crippen LogP contribution in [-0.2, 0) is 4.79 Å². The van der Waals surface area contributed by atoms with E-state index < -0.39 is 11.5 Å². The van der Waals surface area contributed by atoms with Crippen LogP contribution >= 0.6 is 11.6 Å². The fraction of sp³-hybridized carbons (Fsp3) is 0.211. The normalized spacial score (nSPS) is 17.2. The van der Waals surface area contributed by atoms with Crippen molar-refractivity contribution >= 4 is 29.0 Å². The van der Waals surface area contributed by atoms with Crippen LogP contribution in [-0.4, -0.2) is 23.6 Å². The van der Waals surface area contributed by atoms with E-state index in [1.165, 1.54) is 4.90 Å². The molecule has 1 heterocycles. The van der Waals surface area contributed by atoms with E-state index >= 15 is 0 Å². The van der Waals surface area contributed by atoms with Gasteiger partial charge in [-0.25, -0.2) is 0 Å². The van der Waals surface area contributed by atoms with Gasteiger partial charge in [-0.2, -0.15) is 5.26 Å². The van der Waals surface area contributed by atoms with E-state index in [0.717, 1.165) is 0 Å². The molecule has 1 aliphatic rings. The number of ketones is 1. The van der Waals surface area contributed by atoms with Crippen LogP contribution in [0.15, 0.2) is 48.5 Å². The van der Waals surface area contributed by atoms with Gasteiger partial charge in [-0.1, -0.05) is 30.3 Å². The highest BCUT2D eigenvalue weighted by atomic mass is 35.5. The maximum absolute atomic E-state index is 12.8. The molecule has 0 saturated carbocycles. The first kappa shape index (κ1) is 17.0. The Balaban J connectivity index is 2.05. The Morgan fingerprint density at radius 1 is 1.32 bits per heavy atom. The molecule has 3 rings (SSSR count). The first-order valence-electron chi connectivity index (χ1n) is 7.75. The molecule has 1 amide bonds. The van der Waals surface area contributed by atoms with E-state index in [1.807, 2.05) is 24.3 Å². The quantitative estimate of drug-likeness (QED) is 0.478. The fourth-order valence-electron chi connectivity index (χ4n) is 2.72. The number of hydrogen-bond acceptors (Lipinski definition) is 4. The van der Waals surface area contributed by atoms with Gasteiger partial charge in [-0.3, -0.25) is 14.5 Å². The summed E-state index contributed by atoms with van der Waals surface area (Å²) in [5.74, 6) is -0.148. The van der Waals surface area contributed by atoms with E-state index in [4.69, 9.17) is 21.6 Å². The third kappa shape index (κ3) is 3.21. The smallest absolute Gasteiger partial charge is 0.273 e. The highest BCUT2D eigenvalue weighted by Crippen LogP contribution is 2.39. The van der Waals surface area contributed by atoms with Gasteiger partial charge in [-0.05, 0) is 25.1 Å². The maximum atomic E-state index is 12.8. The molecule has 2 unspecified atom stereocenters. The number of anilines is 1. The predicted molar refractivity (Wildman–Crippen MR) is 93.9 cm³/mol. The molecule has 2 atom stereocenters. The molecule has 0 aliphatic carbocycles. The number of rotatable bonds is 4. The molecule has 0 radical (unpaired) electrons. The number of ether oxygens (including phenoxy) is 1. The number of halogens is 1. The second kappa shape index (κ2) is 6.96. The lowest BCUT2D eigenvalue weighted by Gasteiger charge is -2.33. The Morgan fingerprint density at radius 3 is 2.68 bits per heavy atom. The van der Waals surface area contributed by atoms with Crippen LogP contribution in [0, 0.1) is 11.3 Å². The largest absolute Gasteiger partial charge is 0.474 e. The summed E-state index contributed by atoms with van der Waals surface area (Å²) >= 11 is 5.86. The lowest BCUT2D eigenvalue weighted by molar-refractivity contribution is -0.126. The van der Waals surface area contributed by atoms with Crippen molar-refractivity contribution in [2.24, 2.45) is 0 Å². The third-order valence-electron chi connectivity index (χ3n) is 3.96. The van der Waals surface area contributed by atoms with Crippen LogP contribution in [0.25, 0.3) is 0 Å². The SMILES string of the molecule is CC(Cl)C(=O)c1ccc2c(c1)N(CC#N)C(=O)C(c1ccccc1)O2. The van der Waals surface area contributed by atoms with Gasteiger partial charge in [0.2, 0.25) is 6.10 Å². The number of nitriles is 1. The molecule has 5 nitrogen and oxygen atoms in total. The number of amides is 1. The highest BCUT2D eigenvalue weighted by molar-refractivity contribution is 6.33. The zero-order valence-electron chi connectivity index (χ0n) is 13.5. The Labute approximate surface area is 150 Å². The van der Waals surface area contributed by atoms with E-state index in [-0.39, 0.29) is 18.2 Å². The van der Waals surface area contributed by atoms with Crippen molar-refractivity contribution in [3.63, 3.8) is 0 Å². The van der Waals surface area contributed by atoms with Gasteiger partial charge in [0.05, 0.1) is 17.1 Å². The number of benzene rings is 2. The van der Waals surface area contributed by atoms with Gasteiger partial charge in [-0.15, -0.1) is 11.6 Å². The molecule has 6 heteroatoms. The van der Waals surface area contributed by atoms with E-state index in [1.54, 1.807) is 37.3 Å². The van der Waals surface area contributed by atoms with Crippen LogP contribution in [0.3, 0.4) is 0 Å². The van der Waals surface area contributed by atoms with Crippen molar-refractivity contribution in [3.8, 4) is 11.8 Å². The molecule has 0 fully saturated rings. The lowest BCUT2D eigenvalue weighted by atomic mass is 10.0. The van der Waals surface area contributed by atoms with Gasteiger partial charge in [0, 0.05) is 11.1 Å². The van der Waals surface area contributed by atoms with Crippen molar-refractivity contribution in [3.05, 3.63) is 59.7 Å². The number of hydrogen-bond donors (Lipinski definition) is 0. The third-order valence-corrected chi connectivity index (χ3v) is 4.16. The predicted octanol–water partition coefficient (Wildman–Crippen LogP) is 3.49. The Kier molecular flexibility index (Phi) is 4.73. The van der Waals surface area contributed by atoms with Crippen LogP contribution in [0.2, 0.25) is 0 Å². The molecule has 0 spiro atoms. The summed E-state index contributed by atoms with van der Waals surface area (Å²) in [6, 6.07) is 15.9. The topological polar surface area (TPSA) is 70.4 Å². The molecule has 0 saturated heterocycles. The molecule has 2 aromatic carbocycles. The first-order valence-corrected chi connectivity index (χ1v) is 8.19. The second-order valence-electron chi connectivity index (χ2n) is 5.65. The zero-order chi connectivity index (χ0) is 18.0. The number of fused-ring (bicyclic) bond motifs is 1. The monoisotopic (exact) mass is 354 g/mol. The summed E-state index contributed by atoms with van der Waals surface area (Å²) < 4.78 is 5.86. The minimum absolute atomic E-state index is 0.132. The summed E-state index contributed by atoms with van der Waals surface area (Å²) in [4.78, 5) is 26.3. The minimum Gasteiger partial charge on any atom is -0.474 e. The molecule has 0 N–H and O–H groups in total. The van der Waals surface area contributed by atoms with Crippen molar-refractivity contribution in [1.82, 2.24) is 0 Å². The minimum atomic E-state index is -0.824. The number of Topliss-reactive ketones (excluding diaryl/α,β-unsaturated/α-hetero) is 1. The number of carbonyl (C=O) groups is 2. The average Bonchev–Trinajstić information content (AvgIpc) is 2.63. The molecular formula is C19H15ClN2O3. The van der Waals surface area contributed by atoms with Crippen LogP contribution in [0.5, 0.6) is 5.75 Å². The molecular weight excluding hydrogens is 340 g/mol. The van der Waals surface area contributed by atoms with Crippen LogP contribution in [0.1, 0.15) is 28.9 Å². The first-order chi connectivity index (χ1) is 12.0. The van der Waals surface area contributed by atoms with Crippen molar-refractivity contribution in [1.29, 1.82) is 5.26 Å². The molecule has 126 valence electrons. The van der Waals surface area contributed by atoms with Crippen molar-refractivity contribution in [2.45, 2.75) is 18.4 Å². The molecule has 25 heavy (non-hydrogen) atoms. The molecule has 1 aliphatic heterocycles. The number of carbonyl (C=O) groups excluding carboxylic acids is 2. The average molecular weight is 355 g/mol. The number of alkyl halides is 1. The summed E-state index contributed by atoms with van der Waals surface area (Å²) in [7, 11) is 0. The van der Waals surface area contributed by atoms with Gasteiger partial charge >= 0.3 is 0 Å². The summed E-state index contributed by atoms with van der Waals surface area (Å²) in [5, 5.41) is 8.43. The zero-order valence-corrected chi connectivity index (χ0v) is 14.2. The van der Waals surface area contributed by atoms with Crippen molar-refractivity contribution in [2.75, 3.05) is 11.4 Å². The van der Waals surface area contributed by atoms with Gasteiger partial charge in [0.1, 0.15) is 12.3 Å². The Morgan fingerprint density at radius 2 is 2.04 bits per heavy atom. The Bertz CT molecular complexity index is 859. The van der Waals surface area contributed by atoms with Crippen LogP contribution in [0.4, 0.5) is 5.69 Å². The van der Waals surface area contributed by atoms with Gasteiger partial charge < -0.3 is 4.74 Å². The molecule has 2 aromatic rings. The summed E-state index contributed by atoms with van der Waals surface area (Å²) in [6.07, 6.45) is -0.824. The standard InChI is InChI=1S/C19H15ClN2O3/c1-12(20)17(23)14-7-8-16-15(11-14)22(10-9-21)19(24)18(25-16)13-5-3-2-4-6-13/h2-8,11-12,18H,10H2,1H3. The summed E-state index contributed by atoms with van der Waals surface area (Å²) in [5.41, 5.74) is 1.48. The fourth-order valence-corrected chi connectivity index (χ4v) is 2.85. The van der Waals surface area contributed by atoms with Gasteiger partial charge in [0.15, 0.2) is 5.78 Å². The van der Waals surface area contributed by atoms with Gasteiger partial charge in [0.25, 0.3) is 5.91 Å². The van der Waals surface area contributed by atoms with E-state index in [9.17, 15) is 9.59 Å².